The van der Waals surface area contributed by atoms with Crippen LogP contribution in [0.1, 0.15) is 23.0 Å². The van der Waals surface area contributed by atoms with Crippen molar-refractivity contribution >= 4 is 23.4 Å². The maximum Gasteiger partial charge on any atom is 0.311 e. The van der Waals surface area contributed by atoms with Gasteiger partial charge in [0.15, 0.2) is 0 Å². The molecule has 1 fully saturated rings. The third-order valence-corrected chi connectivity index (χ3v) is 4.84. The molecular formula is C16H16N2O3S. The fourth-order valence-electron chi connectivity index (χ4n) is 2.59. The topological polar surface area (TPSA) is 70.5 Å². The number of nitrogens with zero attached hydrogens (tertiary/aromatic N) is 2. The molecule has 0 radical (unpaired) electrons. The number of carboxylic acids is 1. The lowest BCUT2D eigenvalue weighted by molar-refractivity contribution is -0.147. The number of benzene rings is 1. The third kappa shape index (κ3) is 2.62. The van der Waals surface area contributed by atoms with E-state index in [1.807, 2.05) is 30.3 Å². The highest BCUT2D eigenvalue weighted by Gasteiger charge is 2.42. The molecule has 1 aromatic carbocycles. The second kappa shape index (κ2) is 5.53. The molecule has 6 heteroatoms. The Morgan fingerprint density at radius 1 is 1.32 bits per heavy atom. The van der Waals surface area contributed by atoms with Crippen LogP contribution in [0.15, 0.2) is 36.4 Å². The van der Waals surface area contributed by atoms with Crippen LogP contribution in [0.25, 0.3) is 11.3 Å². The van der Waals surface area contributed by atoms with Crippen LogP contribution < -0.4 is 0 Å². The number of hydrogen-bond donors (Lipinski definition) is 1. The quantitative estimate of drug-likeness (QED) is 0.945. The number of carbonyl (C=O) groups excluding carboxylic acids is 1. The summed E-state index contributed by atoms with van der Waals surface area (Å²) in [5.41, 5.74) is 0.895. The number of aliphatic carboxylic acids is 1. The Bertz CT molecular complexity index is 713. The molecule has 0 aliphatic carbocycles. The summed E-state index contributed by atoms with van der Waals surface area (Å²) in [5, 5.41) is 9.25. The molecular weight excluding hydrogens is 300 g/mol. The van der Waals surface area contributed by atoms with E-state index in [2.05, 4.69) is 4.37 Å². The molecule has 0 spiro atoms. The molecule has 2 heterocycles. The molecule has 1 aliphatic heterocycles. The number of aromatic nitrogens is 1. The Morgan fingerprint density at radius 2 is 2.05 bits per heavy atom. The highest BCUT2D eigenvalue weighted by Crippen LogP contribution is 2.32. The highest BCUT2D eigenvalue weighted by molar-refractivity contribution is 7.08. The third-order valence-electron chi connectivity index (χ3n) is 4.07. The Hall–Kier alpha value is -2.21. The first-order valence-electron chi connectivity index (χ1n) is 7.04. The monoisotopic (exact) mass is 316 g/mol. The first-order chi connectivity index (χ1) is 10.5. The van der Waals surface area contributed by atoms with Crippen molar-refractivity contribution in [3.8, 4) is 11.3 Å². The zero-order valence-electron chi connectivity index (χ0n) is 12.2. The largest absolute Gasteiger partial charge is 0.481 e. The second-order valence-electron chi connectivity index (χ2n) is 5.78. The van der Waals surface area contributed by atoms with Gasteiger partial charge in [-0.15, -0.1) is 0 Å². The van der Waals surface area contributed by atoms with Crippen molar-refractivity contribution in [1.82, 2.24) is 9.27 Å². The number of hydrogen-bond acceptors (Lipinski definition) is 4. The van der Waals surface area contributed by atoms with Gasteiger partial charge in [-0.2, -0.15) is 4.37 Å². The highest BCUT2D eigenvalue weighted by atomic mass is 32.1. The van der Waals surface area contributed by atoms with Gasteiger partial charge in [0, 0.05) is 18.7 Å². The maximum absolute atomic E-state index is 12.5. The van der Waals surface area contributed by atoms with Gasteiger partial charge in [0.2, 0.25) is 0 Å². The SMILES string of the molecule is CC1(C(=O)O)CCN(C(=O)c2cc(-c3ccccc3)ns2)C1. The molecule has 1 unspecified atom stereocenters. The maximum atomic E-state index is 12.5. The fraction of sp³-hybridized carbons (Fsp3) is 0.312. The second-order valence-corrected chi connectivity index (χ2v) is 6.59. The van der Waals surface area contributed by atoms with E-state index in [4.69, 9.17) is 0 Å². The van der Waals surface area contributed by atoms with Gasteiger partial charge in [0.1, 0.15) is 4.88 Å². The molecule has 1 N–H and O–H groups in total. The molecule has 0 saturated carbocycles. The molecule has 1 amide bonds. The lowest BCUT2D eigenvalue weighted by Gasteiger charge is -2.19. The summed E-state index contributed by atoms with van der Waals surface area (Å²) >= 11 is 1.16. The average molecular weight is 316 g/mol. The zero-order valence-corrected chi connectivity index (χ0v) is 13.0. The standard InChI is InChI=1S/C16H16N2O3S/c1-16(15(20)21)7-8-18(10-16)14(19)13-9-12(17-22-13)11-5-3-2-4-6-11/h2-6,9H,7-8,10H2,1H3,(H,20,21). The van der Waals surface area contributed by atoms with E-state index in [1.54, 1.807) is 17.9 Å². The average Bonchev–Trinajstić information content (AvgIpc) is 3.15. The summed E-state index contributed by atoms with van der Waals surface area (Å²) in [5.74, 6) is -0.985. The molecule has 5 nitrogen and oxygen atoms in total. The minimum atomic E-state index is -0.850. The van der Waals surface area contributed by atoms with Crippen molar-refractivity contribution in [2.75, 3.05) is 13.1 Å². The Kier molecular flexibility index (Phi) is 3.70. The van der Waals surface area contributed by atoms with E-state index < -0.39 is 11.4 Å². The van der Waals surface area contributed by atoms with Gasteiger partial charge < -0.3 is 10.0 Å². The van der Waals surface area contributed by atoms with Crippen LogP contribution in [0.4, 0.5) is 0 Å². The first kappa shape index (κ1) is 14.7. The number of carboxylic acid groups (broad SMARTS) is 1. The fourth-order valence-corrected chi connectivity index (χ4v) is 3.31. The molecule has 1 aliphatic rings. The smallest absolute Gasteiger partial charge is 0.311 e. The Morgan fingerprint density at radius 3 is 2.68 bits per heavy atom. The van der Waals surface area contributed by atoms with Crippen LogP contribution in [0.2, 0.25) is 0 Å². The summed E-state index contributed by atoms with van der Waals surface area (Å²) in [6.45, 7) is 2.41. The molecule has 1 saturated heterocycles. The van der Waals surface area contributed by atoms with Crippen LogP contribution in [0, 0.1) is 5.41 Å². The normalized spacial score (nSPS) is 21.0. The van der Waals surface area contributed by atoms with E-state index in [0.29, 0.717) is 17.8 Å². The molecule has 3 rings (SSSR count). The van der Waals surface area contributed by atoms with Crippen molar-refractivity contribution in [3.05, 3.63) is 41.3 Å². The molecule has 114 valence electrons. The predicted octanol–water partition coefficient (Wildman–Crippen LogP) is 2.75. The summed E-state index contributed by atoms with van der Waals surface area (Å²) in [6.07, 6.45) is 0.485. The summed E-state index contributed by atoms with van der Waals surface area (Å²) < 4.78 is 4.33. The Labute approximate surface area is 132 Å². The van der Waals surface area contributed by atoms with Gasteiger partial charge in [-0.3, -0.25) is 9.59 Å². The lowest BCUT2D eigenvalue weighted by Crippen LogP contribution is -2.34. The Balaban J connectivity index is 1.77. The number of likely N-dealkylation sites (tertiary alicyclic amines) is 1. The van der Waals surface area contributed by atoms with Crippen LogP contribution >= 0.6 is 11.5 Å². The summed E-state index contributed by atoms with van der Waals surface area (Å²) in [4.78, 5) is 25.9. The van der Waals surface area contributed by atoms with Gasteiger partial charge >= 0.3 is 5.97 Å². The van der Waals surface area contributed by atoms with Crippen molar-refractivity contribution < 1.29 is 14.7 Å². The molecule has 0 bridgehead atoms. The van der Waals surface area contributed by atoms with Crippen molar-refractivity contribution in [2.45, 2.75) is 13.3 Å². The van der Waals surface area contributed by atoms with Crippen molar-refractivity contribution in [2.24, 2.45) is 5.41 Å². The van der Waals surface area contributed by atoms with Crippen LogP contribution in [0.3, 0.4) is 0 Å². The number of rotatable bonds is 3. The number of carbonyl (C=O) groups is 2. The minimum Gasteiger partial charge on any atom is -0.481 e. The van der Waals surface area contributed by atoms with Crippen molar-refractivity contribution in [1.29, 1.82) is 0 Å². The molecule has 1 aromatic heterocycles. The van der Waals surface area contributed by atoms with Crippen LogP contribution in [0.5, 0.6) is 0 Å². The van der Waals surface area contributed by atoms with Gasteiger partial charge in [0.05, 0.1) is 11.1 Å². The zero-order chi connectivity index (χ0) is 15.7. The van der Waals surface area contributed by atoms with Gasteiger partial charge in [0.25, 0.3) is 5.91 Å². The molecule has 2 aromatic rings. The van der Waals surface area contributed by atoms with E-state index in [1.165, 1.54) is 0 Å². The van der Waals surface area contributed by atoms with E-state index in [0.717, 1.165) is 22.8 Å². The van der Waals surface area contributed by atoms with Crippen LogP contribution in [-0.2, 0) is 4.79 Å². The van der Waals surface area contributed by atoms with E-state index in [-0.39, 0.29) is 12.5 Å². The van der Waals surface area contributed by atoms with Gasteiger partial charge in [-0.1, -0.05) is 30.3 Å². The van der Waals surface area contributed by atoms with Gasteiger partial charge in [-0.05, 0) is 30.9 Å². The van der Waals surface area contributed by atoms with E-state index >= 15 is 0 Å². The summed E-state index contributed by atoms with van der Waals surface area (Å²) in [7, 11) is 0. The predicted molar refractivity (Wildman–Crippen MR) is 83.8 cm³/mol. The minimum absolute atomic E-state index is 0.135. The van der Waals surface area contributed by atoms with Crippen molar-refractivity contribution in [3.63, 3.8) is 0 Å². The first-order valence-corrected chi connectivity index (χ1v) is 7.82. The van der Waals surface area contributed by atoms with E-state index in [9.17, 15) is 14.7 Å². The number of amides is 1. The molecule has 22 heavy (non-hydrogen) atoms. The summed E-state index contributed by atoms with van der Waals surface area (Å²) in [6, 6.07) is 11.4. The van der Waals surface area contributed by atoms with Gasteiger partial charge in [-0.25, -0.2) is 0 Å². The molecule has 1 atom stereocenters. The van der Waals surface area contributed by atoms with Crippen LogP contribution in [-0.4, -0.2) is 39.3 Å². The lowest BCUT2D eigenvalue weighted by atomic mass is 9.90.